The molecule has 1 aromatic rings. The van der Waals surface area contributed by atoms with Crippen LogP contribution in [-0.4, -0.2) is 54.3 Å². The highest BCUT2D eigenvalue weighted by Crippen LogP contribution is 2.25. The molecule has 1 aromatic carbocycles. The Morgan fingerprint density at radius 1 is 1.24 bits per heavy atom. The van der Waals surface area contributed by atoms with Crippen LogP contribution < -0.4 is 5.32 Å². The second-order valence-corrected chi connectivity index (χ2v) is 6.19. The fourth-order valence-corrected chi connectivity index (χ4v) is 2.93. The van der Waals surface area contributed by atoms with E-state index in [-0.39, 0.29) is 18.4 Å². The number of nitrogens with one attached hydrogen (secondary N) is 1. The van der Waals surface area contributed by atoms with Gasteiger partial charge in [-0.25, -0.2) is 0 Å². The van der Waals surface area contributed by atoms with Gasteiger partial charge in [0.2, 0.25) is 11.8 Å². The number of benzene rings is 1. The average molecular weight is 375 g/mol. The van der Waals surface area contributed by atoms with E-state index in [1.54, 1.807) is 22.8 Å². The zero-order valence-corrected chi connectivity index (χ0v) is 14.1. The monoisotopic (exact) mass is 373 g/mol. The Bertz CT molecular complexity index is 545. The van der Waals surface area contributed by atoms with Crippen LogP contribution in [0.4, 0.5) is 5.69 Å². The second-order valence-electron chi connectivity index (χ2n) is 4.86. The topological polar surface area (TPSA) is 52.7 Å². The molecule has 2 amide bonds. The van der Waals surface area contributed by atoms with Gasteiger partial charge in [0, 0.05) is 37.6 Å². The van der Waals surface area contributed by atoms with Crippen LogP contribution >= 0.6 is 27.5 Å². The Morgan fingerprint density at radius 3 is 2.43 bits per heavy atom. The number of hydrogen-bond acceptors (Lipinski definition) is 3. The van der Waals surface area contributed by atoms with Gasteiger partial charge in [0.15, 0.2) is 0 Å². The molecule has 0 radical (unpaired) electrons. The zero-order chi connectivity index (χ0) is 15.4. The molecule has 21 heavy (non-hydrogen) atoms. The summed E-state index contributed by atoms with van der Waals surface area (Å²) in [6, 6.07) is 5.47. The van der Waals surface area contributed by atoms with E-state index in [0.29, 0.717) is 31.2 Å². The van der Waals surface area contributed by atoms with Crippen molar-refractivity contribution >= 4 is 45.0 Å². The molecule has 1 aliphatic rings. The Morgan fingerprint density at radius 2 is 1.86 bits per heavy atom. The van der Waals surface area contributed by atoms with E-state index >= 15 is 0 Å². The van der Waals surface area contributed by atoms with Gasteiger partial charge in [-0.3, -0.25) is 9.59 Å². The molecule has 5 nitrogen and oxygen atoms in total. The van der Waals surface area contributed by atoms with E-state index in [0.717, 1.165) is 10.2 Å². The smallest absolute Gasteiger partial charge is 0.241 e. The van der Waals surface area contributed by atoms with Gasteiger partial charge in [-0.1, -0.05) is 27.5 Å². The summed E-state index contributed by atoms with van der Waals surface area (Å²) < 4.78 is 0.893. The molecule has 0 unspecified atom stereocenters. The molecule has 0 atom stereocenters. The van der Waals surface area contributed by atoms with Crippen molar-refractivity contribution in [3.63, 3.8) is 0 Å². The summed E-state index contributed by atoms with van der Waals surface area (Å²) in [5.41, 5.74) is 0.732. The predicted molar refractivity (Wildman–Crippen MR) is 86.5 cm³/mol. The van der Waals surface area contributed by atoms with Crippen molar-refractivity contribution in [1.29, 1.82) is 0 Å². The second kappa shape index (κ2) is 7.13. The Balaban J connectivity index is 1.84. The van der Waals surface area contributed by atoms with Crippen LogP contribution in [0.2, 0.25) is 5.02 Å². The third-order valence-electron chi connectivity index (χ3n) is 3.44. The molecule has 0 spiro atoms. The number of amides is 2. The first-order valence-corrected chi connectivity index (χ1v) is 7.86. The van der Waals surface area contributed by atoms with E-state index in [4.69, 9.17) is 11.6 Å². The maximum absolute atomic E-state index is 12.1. The van der Waals surface area contributed by atoms with Crippen LogP contribution in [0, 0.1) is 0 Å². The third-order valence-corrected chi connectivity index (χ3v) is 4.24. The molecule has 0 saturated carbocycles. The molecular formula is C14H17BrClN3O2. The molecule has 1 fully saturated rings. The maximum Gasteiger partial charge on any atom is 0.241 e. The zero-order valence-electron chi connectivity index (χ0n) is 11.7. The van der Waals surface area contributed by atoms with Gasteiger partial charge in [0.1, 0.15) is 0 Å². The summed E-state index contributed by atoms with van der Waals surface area (Å²) in [7, 11) is 0. The minimum atomic E-state index is 0.0113. The predicted octanol–water partition coefficient (Wildman–Crippen LogP) is 2.21. The van der Waals surface area contributed by atoms with Crippen molar-refractivity contribution in [2.45, 2.75) is 6.92 Å². The van der Waals surface area contributed by atoms with Crippen molar-refractivity contribution in [1.82, 2.24) is 9.80 Å². The maximum atomic E-state index is 12.1. The van der Waals surface area contributed by atoms with Crippen molar-refractivity contribution in [2.24, 2.45) is 0 Å². The fourth-order valence-electron chi connectivity index (χ4n) is 2.19. The van der Waals surface area contributed by atoms with E-state index in [1.807, 2.05) is 12.1 Å². The van der Waals surface area contributed by atoms with Gasteiger partial charge < -0.3 is 15.1 Å². The Kier molecular flexibility index (Phi) is 5.47. The number of nitrogens with zero attached hydrogens (tertiary/aromatic N) is 2. The molecule has 1 aliphatic heterocycles. The first-order chi connectivity index (χ1) is 9.97. The largest absolute Gasteiger partial charge is 0.375 e. The summed E-state index contributed by atoms with van der Waals surface area (Å²) in [6.07, 6.45) is 0. The van der Waals surface area contributed by atoms with Crippen LogP contribution in [0.1, 0.15) is 6.92 Å². The first-order valence-electron chi connectivity index (χ1n) is 6.69. The number of piperazine rings is 1. The molecule has 0 bridgehead atoms. The summed E-state index contributed by atoms with van der Waals surface area (Å²) in [6.45, 7) is 4.10. The lowest BCUT2D eigenvalue weighted by molar-refractivity contribution is -0.137. The van der Waals surface area contributed by atoms with Gasteiger partial charge in [-0.2, -0.15) is 0 Å². The average Bonchev–Trinajstić information content (AvgIpc) is 2.46. The van der Waals surface area contributed by atoms with Crippen molar-refractivity contribution in [3.05, 3.63) is 27.7 Å². The summed E-state index contributed by atoms with van der Waals surface area (Å²) in [5.74, 6) is 0.0686. The number of halogens is 2. The molecular weight excluding hydrogens is 358 g/mol. The van der Waals surface area contributed by atoms with E-state index in [9.17, 15) is 9.59 Å². The quantitative estimate of drug-likeness (QED) is 0.882. The lowest BCUT2D eigenvalue weighted by atomic mass is 10.3. The van der Waals surface area contributed by atoms with Crippen molar-refractivity contribution in [3.8, 4) is 0 Å². The van der Waals surface area contributed by atoms with Gasteiger partial charge in [-0.05, 0) is 18.2 Å². The number of hydrogen-bond donors (Lipinski definition) is 1. The highest BCUT2D eigenvalue weighted by Gasteiger charge is 2.22. The van der Waals surface area contributed by atoms with Crippen LogP contribution in [0.15, 0.2) is 22.7 Å². The van der Waals surface area contributed by atoms with Crippen LogP contribution in [-0.2, 0) is 9.59 Å². The molecule has 1 heterocycles. The molecule has 0 aliphatic carbocycles. The van der Waals surface area contributed by atoms with Crippen LogP contribution in [0.5, 0.6) is 0 Å². The molecule has 7 heteroatoms. The lowest BCUT2D eigenvalue weighted by Gasteiger charge is -2.34. The lowest BCUT2D eigenvalue weighted by Crippen LogP contribution is -2.51. The number of carbonyl (C=O) groups excluding carboxylic acids is 2. The third kappa shape index (κ3) is 4.35. The summed E-state index contributed by atoms with van der Waals surface area (Å²) >= 11 is 9.43. The van der Waals surface area contributed by atoms with E-state index in [1.165, 1.54) is 0 Å². The Labute approximate surface area is 137 Å². The van der Waals surface area contributed by atoms with Gasteiger partial charge in [-0.15, -0.1) is 0 Å². The SMILES string of the molecule is CC(=O)N1CCN(C(=O)CNc2ccc(Br)cc2Cl)CC1. The standard InChI is InChI=1S/C14H17BrClN3O2/c1-10(20)18-4-6-19(7-5-18)14(21)9-17-13-3-2-11(15)8-12(13)16/h2-3,8,17H,4-7,9H2,1H3. The van der Waals surface area contributed by atoms with Crippen LogP contribution in [0.25, 0.3) is 0 Å². The molecule has 0 aromatic heterocycles. The van der Waals surface area contributed by atoms with Gasteiger partial charge >= 0.3 is 0 Å². The molecule has 1 N–H and O–H groups in total. The Hall–Kier alpha value is -1.27. The fraction of sp³-hybridized carbons (Fsp3) is 0.429. The van der Waals surface area contributed by atoms with E-state index < -0.39 is 0 Å². The summed E-state index contributed by atoms with van der Waals surface area (Å²) in [5, 5.41) is 3.61. The minimum Gasteiger partial charge on any atom is -0.375 e. The summed E-state index contributed by atoms with van der Waals surface area (Å²) in [4.78, 5) is 26.9. The van der Waals surface area contributed by atoms with Crippen molar-refractivity contribution < 1.29 is 9.59 Å². The molecule has 2 rings (SSSR count). The number of rotatable bonds is 3. The van der Waals surface area contributed by atoms with Crippen LogP contribution in [0.3, 0.4) is 0 Å². The van der Waals surface area contributed by atoms with Crippen molar-refractivity contribution in [2.75, 3.05) is 38.0 Å². The minimum absolute atomic E-state index is 0.0113. The first kappa shape index (κ1) is 16.1. The number of anilines is 1. The highest BCUT2D eigenvalue weighted by molar-refractivity contribution is 9.10. The van der Waals surface area contributed by atoms with E-state index in [2.05, 4.69) is 21.2 Å². The van der Waals surface area contributed by atoms with Gasteiger partial charge in [0.05, 0.1) is 17.3 Å². The molecule has 114 valence electrons. The number of carbonyl (C=O) groups is 2. The normalized spacial score (nSPS) is 15.0. The van der Waals surface area contributed by atoms with Gasteiger partial charge in [0.25, 0.3) is 0 Å². The highest BCUT2D eigenvalue weighted by atomic mass is 79.9. The molecule has 1 saturated heterocycles.